The second-order valence-electron chi connectivity index (χ2n) is 4.71. The number of nitrogens with two attached hydrogens (primary N) is 1. The molecule has 1 unspecified atom stereocenters. The zero-order valence-electron chi connectivity index (χ0n) is 10.7. The highest BCUT2D eigenvalue weighted by Crippen LogP contribution is 2.35. The summed E-state index contributed by atoms with van der Waals surface area (Å²) < 4.78 is 25.4. The standard InChI is InChI=1S/C14H20FNO2/c1-17-10-14(15,6-2-7-16)12-3-4-13-11(9-12)5-8-18-13/h3-4,9H,2,5-8,10,16H2,1H3. The predicted molar refractivity (Wildman–Crippen MR) is 68.6 cm³/mol. The van der Waals surface area contributed by atoms with Crippen LogP contribution in [0.2, 0.25) is 0 Å². The minimum absolute atomic E-state index is 0.0621. The normalized spacial score (nSPS) is 17.1. The molecule has 0 aromatic heterocycles. The molecule has 1 aliphatic rings. The highest BCUT2D eigenvalue weighted by atomic mass is 19.1. The Labute approximate surface area is 107 Å². The summed E-state index contributed by atoms with van der Waals surface area (Å²) >= 11 is 0. The molecule has 0 fully saturated rings. The molecule has 0 saturated heterocycles. The highest BCUT2D eigenvalue weighted by molar-refractivity contribution is 5.41. The first-order chi connectivity index (χ1) is 8.69. The Morgan fingerprint density at radius 1 is 1.50 bits per heavy atom. The minimum Gasteiger partial charge on any atom is -0.493 e. The van der Waals surface area contributed by atoms with Gasteiger partial charge in [-0.2, -0.15) is 0 Å². The second-order valence-corrected chi connectivity index (χ2v) is 4.71. The molecule has 2 N–H and O–H groups in total. The van der Waals surface area contributed by atoms with Crippen LogP contribution in [-0.2, 0) is 16.8 Å². The van der Waals surface area contributed by atoms with E-state index in [9.17, 15) is 4.39 Å². The monoisotopic (exact) mass is 253 g/mol. The highest BCUT2D eigenvalue weighted by Gasteiger charge is 2.32. The Bertz CT molecular complexity index is 411. The largest absolute Gasteiger partial charge is 0.493 e. The van der Waals surface area contributed by atoms with Crippen LogP contribution in [0.5, 0.6) is 5.75 Å². The van der Waals surface area contributed by atoms with E-state index in [1.54, 1.807) is 6.07 Å². The molecule has 0 aliphatic carbocycles. The van der Waals surface area contributed by atoms with E-state index in [4.69, 9.17) is 15.2 Å². The number of alkyl halides is 1. The van der Waals surface area contributed by atoms with Crippen LogP contribution >= 0.6 is 0 Å². The predicted octanol–water partition coefficient (Wildman–Crippen LogP) is 2.17. The van der Waals surface area contributed by atoms with E-state index >= 15 is 0 Å². The average Bonchev–Trinajstić information content (AvgIpc) is 2.84. The van der Waals surface area contributed by atoms with Gasteiger partial charge in [0.1, 0.15) is 5.75 Å². The van der Waals surface area contributed by atoms with Crippen molar-refractivity contribution in [2.45, 2.75) is 24.9 Å². The van der Waals surface area contributed by atoms with Gasteiger partial charge in [0.2, 0.25) is 0 Å². The van der Waals surface area contributed by atoms with Gasteiger partial charge in [0.25, 0.3) is 0 Å². The number of benzene rings is 1. The first kappa shape index (κ1) is 13.3. The zero-order chi connectivity index (χ0) is 13.0. The third-order valence-corrected chi connectivity index (χ3v) is 3.36. The molecule has 0 saturated carbocycles. The fourth-order valence-electron chi connectivity index (χ4n) is 2.38. The van der Waals surface area contributed by atoms with Crippen molar-refractivity contribution in [1.82, 2.24) is 0 Å². The lowest BCUT2D eigenvalue weighted by atomic mass is 9.90. The van der Waals surface area contributed by atoms with Crippen molar-refractivity contribution in [2.24, 2.45) is 5.73 Å². The molecule has 0 radical (unpaired) electrons. The number of hydrogen-bond acceptors (Lipinski definition) is 3. The molecule has 0 spiro atoms. The lowest BCUT2D eigenvalue weighted by molar-refractivity contribution is 0.0303. The number of ether oxygens (including phenoxy) is 2. The molecule has 1 atom stereocenters. The summed E-state index contributed by atoms with van der Waals surface area (Å²) in [7, 11) is 1.52. The molecule has 0 bridgehead atoms. The summed E-state index contributed by atoms with van der Waals surface area (Å²) in [6, 6.07) is 5.54. The Hall–Kier alpha value is -1.13. The minimum atomic E-state index is -1.45. The van der Waals surface area contributed by atoms with Crippen molar-refractivity contribution >= 4 is 0 Å². The van der Waals surface area contributed by atoms with Crippen LogP contribution < -0.4 is 10.5 Å². The van der Waals surface area contributed by atoms with Gasteiger partial charge in [0, 0.05) is 13.5 Å². The topological polar surface area (TPSA) is 44.5 Å². The summed E-state index contributed by atoms with van der Waals surface area (Å²) in [5, 5.41) is 0. The van der Waals surface area contributed by atoms with Crippen molar-refractivity contribution in [3.8, 4) is 5.75 Å². The number of halogens is 1. The van der Waals surface area contributed by atoms with Gasteiger partial charge in [0.15, 0.2) is 5.67 Å². The maximum absolute atomic E-state index is 15.0. The Balaban J connectivity index is 2.24. The lowest BCUT2D eigenvalue weighted by Gasteiger charge is -2.25. The maximum atomic E-state index is 15.0. The van der Waals surface area contributed by atoms with Crippen LogP contribution in [0.1, 0.15) is 24.0 Å². The first-order valence-corrected chi connectivity index (χ1v) is 6.34. The molecule has 3 nitrogen and oxygen atoms in total. The summed E-state index contributed by atoms with van der Waals surface area (Å²) in [4.78, 5) is 0. The van der Waals surface area contributed by atoms with Crippen molar-refractivity contribution in [2.75, 3.05) is 26.9 Å². The van der Waals surface area contributed by atoms with Gasteiger partial charge in [-0.05, 0) is 42.6 Å². The second kappa shape index (κ2) is 5.67. The van der Waals surface area contributed by atoms with E-state index < -0.39 is 5.67 Å². The Morgan fingerprint density at radius 3 is 3.06 bits per heavy atom. The Kier molecular flexibility index (Phi) is 4.19. The molecule has 1 aromatic rings. The molecule has 1 aliphatic heterocycles. The lowest BCUT2D eigenvalue weighted by Crippen LogP contribution is -2.27. The fourth-order valence-corrected chi connectivity index (χ4v) is 2.38. The van der Waals surface area contributed by atoms with Gasteiger partial charge in [0.05, 0.1) is 13.2 Å². The van der Waals surface area contributed by atoms with E-state index in [0.717, 1.165) is 17.7 Å². The van der Waals surface area contributed by atoms with Crippen molar-refractivity contribution < 1.29 is 13.9 Å². The van der Waals surface area contributed by atoms with E-state index in [0.29, 0.717) is 31.6 Å². The third-order valence-electron chi connectivity index (χ3n) is 3.36. The fraction of sp³-hybridized carbons (Fsp3) is 0.571. The van der Waals surface area contributed by atoms with Crippen LogP contribution in [0.25, 0.3) is 0 Å². The van der Waals surface area contributed by atoms with Crippen LogP contribution in [0.4, 0.5) is 4.39 Å². The van der Waals surface area contributed by atoms with Crippen molar-refractivity contribution in [3.63, 3.8) is 0 Å². The van der Waals surface area contributed by atoms with Gasteiger partial charge >= 0.3 is 0 Å². The summed E-state index contributed by atoms with van der Waals surface area (Å²) in [6.07, 6.45) is 1.88. The number of rotatable bonds is 6. The molecular formula is C14H20FNO2. The maximum Gasteiger partial charge on any atom is 0.159 e. The van der Waals surface area contributed by atoms with Crippen LogP contribution in [0, 0.1) is 0 Å². The quantitative estimate of drug-likeness (QED) is 0.845. The summed E-state index contributed by atoms with van der Waals surface area (Å²) in [6.45, 7) is 1.24. The summed E-state index contributed by atoms with van der Waals surface area (Å²) in [5.41, 5.74) is 5.77. The van der Waals surface area contributed by atoms with Crippen LogP contribution in [0.15, 0.2) is 18.2 Å². The zero-order valence-corrected chi connectivity index (χ0v) is 10.7. The molecule has 1 aromatic carbocycles. The SMILES string of the molecule is COCC(F)(CCCN)c1ccc2c(c1)CCO2. The van der Waals surface area contributed by atoms with Crippen molar-refractivity contribution in [3.05, 3.63) is 29.3 Å². The number of hydrogen-bond donors (Lipinski definition) is 1. The third kappa shape index (κ3) is 2.65. The van der Waals surface area contributed by atoms with E-state index in [2.05, 4.69) is 0 Å². The van der Waals surface area contributed by atoms with E-state index in [-0.39, 0.29) is 6.61 Å². The van der Waals surface area contributed by atoms with Gasteiger partial charge in [-0.15, -0.1) is 0 Å². The number of fused-ring (bicyclic) bond motifs is 1. The molecular weight excluding hydrogens is 233 g/mol. The first-order valence-electron chi connectivity index (χ1n) is 6.34. The number of methoxy groups -OCH3 is 1. The van der Waals surface area contributed by atoms with Gasteiger partial charge in [-0.1, -0.05) is 6.07 Å². The van der Waals surface area contributed by atoms with Gasteiger partial charge < -0.3 is 15.2 Å². The molecule has 18 heavy (non-hydrogen) atoms. The van der Waals surface area contributed by atoms with Gasteiger partial charge in [-0.25, -0.2) is 4.39 Å². The van der Waals surface area contributed by atoms with Gasteiger partial charge in [-0.3, -0.25) is 0 Å². The molecule has 100 valence electrons. The van der Waals surface area contributed by atoms with Crippen molar-refractivity contribution in [1.29, 1.82) is 0 Å². The van der Waals surface area contributed by atoms with Crippen LogP contribution in [-0.4, -0.2) is 26.9 Å². The average molecular weight is 253 g/mol. The van der Waals surface area contributed by atoms with E-state index in [1.807, 2.05) is 12.1 Å². The van der Waals surface area contributed by atoms with Crippen LogP contribution in [0.3, 0.4) is 0 Å². The molecule has 0 amide bonds. The summed E-state index contributed by atoms with van der Waals surface area (Å²) in [5.74, 6) is 0.873. The Morgan fingerprint density at radius 2 is 2.33 bits per heavy atom. The molecule has 2 rings (SSSR count). The molecule has 1 heterocycles. The molecule has 4 heteroatoms. The smallest absolute Gasteiger partial charge is 0.159 e. The van der Waals surface area contributed by atoms with E-state index in [1.165, 1.54) is 7.11 Å².